The van der Waals surface area contributed by atoms with Crippen LogP contribution in [0.3, 0.4) is 0 Å². The van der Waals surface area contributed by atoms with Crippen LogP contribution in [0.15, 0.2) is 36.7 Å². The lowest BCUT2D eigenvalue weighted by molar-refractivity contribution is 0.286. The van der Waals surface area contributed by atoms with E-state index in [1.807, 2.05) is 18.3 Å². The Morgan fingerprint density at radius 3 is 2.64 bits per heavy atom. The third-order valence-electron chi connectivity index (χ3n) is 5.56. The van der Waals surface area contributed by atoms with E-state index >= 15 is 0 Å². The first-order chi connectivity index (χ1) is 13.8. The largest absolute Gasteiger partial charge is 0.396 e. The van der Waals surface area contributed by atoms with E-state index in [0.717, 1.165) is 54.4 Å². The third kappa shape index (κ3) is 4.02. The number of aliphatic hydroxyl groups excluding tert-OH is 1. The van der Waals surface area contributed by atoms with Crippen LogP contribution in [0.2, 0.25) is 0 Å². The minimum atomic E-state index is -0.231. The van der Waals surface area contributed by atoms with E-state index in [1.165, 1.54) is 31.4 Å². The summed E-state index contributed by atoms with van der Waals surface area (Å²) in [5.74, 6) is 0.386. The second-order valence-corrected chi connectivity index (χ2v) is 7.54. The Bertz CT molecular complexity index is 916. The van der Waals surface area contributed by atoms with E-state index in [1.54, 1.807) is 0 Å². The minimum Gasteiger partial charge on any atom is -0.396 e. The maximum absolute atomic E-state index is 13.4. The molecule has 0 unspecified atom stereocenters. The average Bonchev–Trinajstić information content (AvgIpc) is 3.11. The predicted octanol–water partition coefficient (Wildman–Crippen LogP) is 4.93. The summed E-state index contributed by atoms with van der Waals surface area (Å²) in [5, 5.41) is 13.2. The van der Waals surface area contributed by atoms with Crippen molar-refractivity contribution in [3.05, 3.63) is 42.5 Å². The Labute approximate surface area is 164 Å². The van der Waals surface area contributed by atoms with Crippen molar-refractivity contribution in [2.75, 3.05) is 18.5 Å². The van der Waals surface area contributed by atoms with Crippen molar-refractivity contribution in [3.63, 3.8) is 0 Å². The van der Waals surface area contributed by atoms with E-state index in [4.69, 9.17) is 10.1 Å². The number of fused-ring (bicyclic) bond motifs is 1. The molecule has 2 heterocycles. The highest BCUT2D eigenvalue weighted by Crippen LogP contribution is 2.36. The normalized spacial score (nSPS) is 15.2. The van der Waals surface area contributed by atoms with Gasteiger partial charge in [-0.3, -0.25) is 0 Å². The van der Waals surface area contributed by atoms with E-state index in [0.29, 0.717) is 12.0 Å². The fourth-order valence-electron chi connectivity index (χ4n) is 4.05. The summed E-state index contributed by atoms with van der Waals surface area (Å²) in [6, 6.07) is 7.07. The summed E-state index contributed by atoms with van der Waals surface area (Å²) in [7, 11) is 0. The predicted molar refractivity (Wildman–Crippen MR) is 110 cm³/mol. The van der Waals surface area contributed by atoms with Crippen LogP contribution in [0.5, 0.6) is 0 Å². The molecule has 28 heavy (non-hydrogen) atoms. The number of unbranched alkanes of at least 4 members (excludes halogenated alkanes) is 1. The monoisotopic (exact) mass is 382 g/mol. The number of aliphatic hydroxyl groups is 1. The van der Waals surface area contributed by atoms with Crippen LogP contribution in [-0.2, 0) is 0 Å². The van der Waals surface area contributed by atoms with Gasteiger partial charge in [-0.15, -0.1) is 0 Å². The van der Waals surface area contributed by atoms with Crippen molar-refractivity contribution < 1.29 is 9.50 Å². The van der Waals surface area contributed by atoms with E-state index in [-0.39, 0.29) is 12.4 Å². The molecule has 0 bridgehead atoms. The van der Waals surface area contributed by atoms with E-state index in [9.17, 15) is 4.39 Å². The first-order valence-electron chi connectivity index (χ1n) is 10.2. The Balaban J connectivity index is 1.72. The van der Waals surface area contributed by atoms with Crippen LogP contribution in [0.25, 0.3) is 22.2 Å². The second-order valence-electron chi connectivity index (χ2n) is 7.54. The van der Waals surface area contributed by atoms with Gasteiger partial charge < -0.3 is 15.0 Å². The number of anilines is 1. The maximum Gasteiger partial charge on any atom is 0.224 e. The van der Waals surface area contributed by atoms with Crippen molar-refractivity contribution in [2.24, 2.45) is 0 Å². The van der Waals surface area contributed by atoms with Gasteiger partial charge in [-0.1, -0.05) is 31.4 Å². The molecule has 1 aliphatic carbocycles. The molecule has 0 atom stereocenters. The summed E-state index contributed by atoms with van der Waals surface area (Å²) < 4.78 is 15.7. The Morgan fingerprint density at radius 2 is 1.89 bits per heavy atom. The lowest BCUT2D eigenvalue weighted by Crippen LogP contribution is -2.13. The molecule has 4 rings (SSSR count). The summed E-state index contributed by atoms with van der Waals surface area (Å²) in [6.07, 6.45) is 11.8. The molecule has 1 aliphatic rings. The van der Waals surface area contributed by atoms with Crippen molar-refractivity contribution in [1.82, 2.24) is 14.5 Å². The molecular formula is C22H27FN4O. The first kappa shape index (κ1) is 18.9. The molecule has 1 fully saturated rings. The summed E-state index contributed by atoms with van der Waals surface area (Å²) >= 11 is 0. The fourth-order valence-corrected chi connectivity index (χ4v) is 4.05. The van der Waals surface area contributed by atoms with Gasteiger partial charge in [-0.2, -0.15) is 4.98 Å². The fraction of sp³-hybridized carbons (Fsp3) is 0.455. The van der Waals surface area contributed by atoms with E-state index < -0.39 is 0 Å². The quantitative estimate of drug-likeness (QED) is 0.569. The molecule has 0 amide bonds. The molecule has 148 valence electrons. The van der Waals surface area contributed by atoms with Crippen LogP contribution in [0, 0.1) is 5.82 Å². The number of halogens is 1. The van der Waals surface area contributed by atoms with Crippen LogP contribution in [-0.4, -0.2) is 32.8 Å². The highest BCUT2D eigenvalue weighted by Gasteiger charge is 2.21. The number of nitrogens with zero attached hydrogens (tertiary/aromatic N) is 3. The zero-order chi connectivity index (χ0) is 19.3. The Kier molecular flexibility index (Phi) is 5.86. The SMILES string of the molecule is OCCCCNc1ncc2c(-c3ccc(F)cc3)cn(C3CCCCC3)c2n1. The lowest BCUT2D eigenvalue weighted by Gasteiger charge is -2.23. The molecule has 1 saturated carbocycles. The van der Waals surface area contributed by atoms with Crippen LogP contribution in [0.1, 0.15) is 51.0 Å². The van der Waals surface area contributed by atoms with Crippen molar-refractivity contribution in [2.45, 2.75) is 51.0 Å². The summed E-state index contributed by atoms with van der Waals surface area (Å²) in [4.78, 5) is 9.31. The molecule has 3 aromatic rings. The zero-order valence-corrected chi connectivity index (χ0v) is 16.1. The molecule has 0 radical (unpaired) electrons. The standard InChI is InChI=1S/C22H27FN4O/c23-17-10-8-16(9-11-17)20-15-27(18-6-2-1-3-7-18)21-19(20)14-25-22(26-21)24-12-4-5-13-28/h8-11,14-15,18,28H,1-7,12-13H2,(H,24,25,26). The first-order valence-corrected chi connectivity index (χ1v) is 10.2. The van der Waals surface area contributed by atoms with Gasteiger partial charge in [0.1, 0.15) is 11.5 Å². The van der Waals surface area contributed by atoms with Crippen LogP contribution in [0.4, 0.5) is 10.3 Å². The molecule has 6 heteroatoms. The highest BCUT2D eigenvalue weighted by molar-refractivity contribution is 5.94. The highest BCUT2D eigenvalue weighted by atomic mass is 19.1. The molecule has 0 aliphatic heterocycles. The van der Waals surface area contributed by atoms with Gasteiger partial charge in [0.05, 0.1) is 0 Å². The number of nitrogens with one attached hydrogen (secondary N) is 1. The topological polar surface area (TPSA) is 63.0 Å². The van der Waals surface area contributed by atoms with Gasteiger partial charge in [-0.25, -0.2) is 9.37 Å². The molecule has 0 saturated heterocycles. The zero-order valence-electron chi connectivity index (χ0n) is 16.1. The van der Waals surface area contributed by atoms with Crippen LogP contribution >= 0.6 is 0 Å². The second kappa shape index (κ2) is 8.69. The number of benzene rings is 1. The van der Waals surface area contributed by atoms with Crippen molar-refractivity contribution in [3.8, 4) is 11.1 Å². The summed E-state index contributed by atoms with van der Waals surface area (Å²) in [6.45, 7) is 0.939. The lowest BCUT2D eigenvalue weighted by atomic mass is 9.95. The third-order valence-corrected chi connectivity index (χ3v) is 5.56. The Morgan fingerprint density at radius 1 is 1.11 bits per heavy atom. The van der Waals surface area contributed by atoms with Gasteiger partial charge in [0, 0.05) is 42.5 Å². The molecular weight excluding hydrogens is 355 g/mol. The average molecular weight is 382 g/mol. The van der Waals surface area contributed by atoms with Gasteiger partial charge in [-0.05, 0) is 43.4 Å². The van der Waals surface area contributed by atoms with Crippen LogP contribution < -0.4 is 5.32 Å². The van der Waals surface area contributed by atoms with Crippen molar-refractivity contribution in [1.29, 1.82) is 0 Å². The number of hydrogen-bond acceptors (Lipinski definition) is 4. The molecule has 1 aromatic carbocycles. The van der Waals surface area contributed by atoms with Gasteiger partial charge in [0.15, 0.2) is 0 Å². The summed E-state index contributed by atoms with van der Waals surface area (Å²) in [5.41, 5.74) is 2.96. The van der Waals surface area contributed by atoms with Crippen molar-refractivity contribution >= 4 is 17.0 Å². The van der Waals surface area contributed by atoms with Gasteiger partial charge >= 0.3 is 0 Å². The molecule has 2 N–H and O–H groups in total. The maximum atomic E-state index is 13.4. The van der Waals surface area contributed by atoms with E-state index in [2.05, 4.69) is 21.1 Å². The number of hydrogen-bond donors (Lipinski definition) is 2. The number of aromatic nitrogens is 3. The molecule has 0 spiro atoms. The van der Waals surface area contributed by atoms with Gasteiger partial charge in [0.2, 0.25) is 5.95 Å². The molecule has 2 aromatic heterocycles. The molecule has 5 nitrogen and oxygen atoms in total. The minimum absolute atomic E-state index is 0.202. The van der Waals surface area contributed by atoms with Gasteiger partial charge in [0.25, 0.3) is 0 Å². The smallest absolute Gasteiger partial charge is 0.224 e. The number of rotatable bonds is 7. The Hall–Kier alpha value is -2.47.